The molecule has 15 heavy (non-hydrogen) atoms. The Hall–Kier alpha value is -0.980. The van der Waals surface area contributed by atoms with Crippen LogP contribution in [0.4, 0.5) is 5.69 Å². The molecular formula is C14H19N. The first-order chi connectivity index (χ1) is 7.42. The second-order valence-corrected chi connectivity index (χ2v) is 5.00. The number of fused-ring (bicyclic) bond motifs is 1. The van der Waals surface area contributed by atoms with E-state index in [9.17, 15) is 0 Å². The van der Waals surface area contributed by atoms with Crippen LogP contribution in [0.15, 0.2) is 18.2 Å². The van der Waals surface area contributed by atoms with Gasteiger partial charge >= 0.3 is 0 Å². The number of hydrogen-bond donors (Lipinski definition) is 1. The summed E-state index contributed by atoms with van der Waals surface area (Å²) in [6.45, 7) is 1.15. The molecule has 1 aromatic rings. The van der Waals surface area contributed by atoms with Crippen molar-refractivity contribution in [2.45, 2.75) is 38.5 Å². The largest absolute Gasteiger partial charge is 0.385 e. The van der Waals surface area contributed by atoms with Gasteiger partial charge in [-0.2, -0.15) is 0 Å². The van der Waals surface area contributed by atoms with Crippen LogP contribution in [0, 0.1) is 5.92 Å². The second-order valence-electron chi connectivity index (χ2n) is 5.00. The Morgan fingerprint density at radius 3 is 3.07 bits per heavy atom. The summed E-state index contributed by atoms with van der Waals surface area (Å²) in [5.41, 5.74) is 4.45. The van der Waals surface area contributed by atoms with E-state index in [1.165, 1.54) is 49.8 Å². The molecule has 1 aliphatic heterocycles. The van der Waals surface area contributed by atoms with Gasteiger partial charge in [0.05, 0.1) is 0 Å². The molecule has 1 nitrogen and oxygen atoms in total. The Bertz CT molecular complexity index is 352. The van der Waals surface area contributed by atoms with E-state index in [1.54, 1.807) is 5.56 Å². The van der Waals surface area contributed by atoms with E-state index >= 15 is 0 Å². The minimum atomic E-state index is 1.05. The molecule has 1 heteroatoms. The van der Waals surface area contributed by atoms with Gasteiger partial charge in [-0.05, 0) is 48.8 Å². The van der Waals surface area contributed by atoms with E-state index in [1.807, 2.05) is 0 Å². The average molecular weight is 201 g/mol. The monoisotopic (exact) mass is 201 g/mol. The molecule has 80 valence electrons. The molecule has 1 saturated carbocycles. The van der Waals surface area contributed by atoms with Crippen LogP contribution >= 0.6 is 0 Å². The number of hydrogen-bond acceptors (Lipinski definition) is 1. The van der Waals surface area contributed by atoms with E-state index < -0.39 is 0 Å². The smallest absolute Gasteiger partial charge is 0.0372 e. The maximum atomic E-state index is 3.47. The molecule has 1 fully saturated rings. The minimum Gasteiger partial charge on any atom is -0.385 e. The van der Waals surface area contributed by atoms with Crippen molar-refractivity contribution in [1.29, 1.82) is 0 Å². The lowest BCUT2D eigenvalue weighted by Gasteiger charge is -2.18. The highest BCUT2D eigenvalue weighted by molar-refractivity contribution is 5.54. The molecule has 1 N–H and O–H groups in total. The van der Waals surface area contributed by atoms with E-state index in [4.69, 9.17) is 0 Å². The van der Waals surface area contributed by atoms with Crippen LogP contribution in [-0.4, -0.2) is 6.54 Å². The van der Waals surface area contributed by atoms with Crippen molar-refractivity contribution in [1.82, 2.24) is 0 Å². The fraction of sp³-hybridized carbons (Fsp3) is 0.571. The van der Waals surface area contributed by atoms with Crippen molar-refractivity contribution in [2.75, 3.05) is 11.9 Å². The van der Waals surface area contributed by atoms with Crippen molar-refractivity contribution in [3.63, 3.8) is 0 Å². The number of aryl methyl sites for hydroxylation is 2. The van der Waals surface area contributed by atoms with Crippen LogP contribution in [0.1, 0.15) is 36.8 Å². The summed E-state index contributed by atoms with van der Waals surface area (Å²) < 4.78 is 0. The van der Waals surface area contributed by atoms with Gasteiger partial charge < -0.3 is 5.32 Å². The van der Waals surface area contributed by atoms with Gasteiger partial charge in [-0.1, -0.05) is 25.0 Å². The fourth-order valence-electron chi connectivity index (χ4n) is 2.46. The van der Waals surface area contributed by atoms with Crippen molar-refractivity contribution in [3.8, 4) is 0 Å². The van der Waals surface area contributed by atoms with Gasteiger partial charge in [0.1, 0.15) is 0 Å². The molecule has 3 rings (SSSR count). The SMILES string of the molecule is c1cc2c(cc1CCC1CC1)CCCN2. The van der Waals surface area contributed by atoms with E-state index in [-0.39, 0.29) is 0 Å². The lowest BCUT2D eigenvalue weighted by Crippen LogP contribution is -2.11. The summed E-state index contributed by atoms with van der Waals surface area (Å²) in [4.78, 5) is 0. The molecule has 2 aliphatic rings. The molecule has 0 amide bonds. The molecular weight excluding hydrogens is 182 g/mol. The zero-order chi connectivity index (χ0) is 10.1. The van der Waals surface area contributed by atoms with Crippen molar-refractivity contribution < 1.29 is 0 Å². The number of benzene rings is 1. The zero-order valence-corrected chi connectivity index (χ0v) is 9.26. The molecule has 0 bridgehead atoms. The summed E-state index contributed by atoms with van der Waals surface area (Å²) in [5.74, 6) is 1.05. The van der Waals surface area contributed by atoms with Gasteiger partial charge in [-0.3, -0.25) is 0 Å². The van der Waals surface area contributed by atoms with Gasteiger partial charge in [0, 0.05) is 12.2 Å². The summed E-state index contributed by atoms with van der Waals surface area (Å²) in [6, 6.07) is 7.00. The summed E-state index contributed by atoms with van der Waals surface area (Å²) in [5, 5.41) is 3.47. The van der Waals surface area contributed by atoms with Gasteiger partial charge in [0.2, 0.25) is 0 Å². The van der Waals surface area contributed by atoms with Gasteiger partial charge in [-0.25, -0.2) is 0 Å². The molecule has 0 radical (unpaired) electrons. The molecule has 0 atom stereocenters. The highest BCUT2D eigenvalue weighted by atomic mass is 14.9. The Balaban J connectivity index is 1.71. The van der Waals surface area contributed by atoms with Gasteiger partial charge in [0.15, 0.2) is 0 Å². The Labute approximate surface area is 91.9 Å². The minimum absolute atomic E-state index is 1.05. The fourth-order valence-corrected chi connectivity index (χ4v) is 2.46. The molecule has 1 aliphatic carbocycles. The molecule has 0 aromatic heterocycles. The third-order valence-electron chi connectivity index (χ3n) is 3.65. The van der Waals surface area contributed by atoms with Gasteiger partial charge in [-0.15, -0.1) is 0 Å². The van der Waals surface area contributed by atoms with Crippen LogP contribution in [0.2, 0.25) is 0 Å². The topological polar surface area (TPSA) is 12.0 Å². The van der Waals surface area contributed by atoms with Crippen LogP contribution in [0.5, 0.6) is 0 Å². The first kappa shape index (κ1) is 9.26. The van der Waals surface area contributed by atoms with Crippen LogP contribution in [0.3, 0.4) is 0 Å². The Morgan fingerprint density at radius 1 is 1.27 bits per heavy atom. The standard InChI is InChI=1S/C14H19N/c1-2-13-10-12(6-5-11-3-4-11)7-8-14(13)15-9-1/h7-8,10-11,15H,1-6,9H2. The highest BCUT2D eigenvalue weighted by Crippen LogP contribution is 2.34. The Morgan fingerprint density at radius 2 is 2.20 bits per heavy atom. The van der Waals surface area contributed by atoms with Crippen molar-refractivity contribution in [3.05, 3.63) is 29.3 Å². The van der Waals surface area contributed by atoms with E-state index in [0.29, 0.717) is 0 Å². The molecule has 1 aromatic carbocycles. The van der Waals surface area contributed by atoms with Crippen molar-refractivity contribution in [2.24, 2.45) is 5.92 Å². The zero-order valence-electron chi connectivity index (χ0n) is 9.26. The maximum Gasteiger partial charge on any atom is 0.0372 e. The summed E-state index contributed by atoms with van der Waals surface area (Å²) in [6.07, 6.45) is 8.21. The molecule has 1 heterocycles. The molecule has 0 spiro atoms. The van der Waals surface area contributed by atoms with Crippen LogP contribution in [0.25, 0.3) is 0 Å². The highest BCUT2D eigenvalue weighted by Gasteiger charge is 2.20. The average Bonchev–Trinajstić information content (AvgIpc) is 3.10. The third-order valence-corrected chi connectivity index (χ3v) is 3.65. The lowest BCUT2D eigenvalue weighted by atomic mass is 9.98. The normalized spacial score (nSPS) is 19.5. The van der Waals surface area contributed by atoms with Crippen LogP contribution in [-0.2, 0) is 12.8 Å². The summed E-state index contributed by atoms with van der Waals surface area (Å²) in [7, 11) is 0. The first-order valence-corrected chi connectivity index (χ1v) is 6.27. The second kappa shape index (κ2) is 3.88. The van der Waals surface area contributed by atoms with Crippen LogP contribution < -0.4 is 5.32 Å². The number of nitrogens with one attached hydrogen (secondary N) is 1. The quantitative estimate of drug-likeness (QED) is 0.790. The third kappa shape index (κ3) is 2.17. The van der Waals surface area contributed by atoms with Gasteiger partial charge in [0.25, 0.3) is 0 Å². The number of anilines is 1. The maximum absolute atomic E-state index is 3.47. The van der Waals surface area contributed by atoms with E-state index in [0.717, 1.165) is 12.5 Å². The summed E-state index contributed by atoms with van der Waals surface area (Å²) >= 11 is 0. The Kier molecular flexibility index (Phi) is 2.40. The predicted octanol–water partition coefficient (Wildman–Crippen LogP) is 3.39. The first-order valence-electron chi connectivity index (χ1n) is 6.27. The molecule has 0 unspecified atom stereocenters. The predicted molar refractivity (Wildman–Crippen MR) is 64.3 cm³/mol. The number of rotatable bonds is 3. The van der Waals surface area contributed by atoms with E-state index in [2.05, 4.69) is 23.5 Å². The lowest BCUT2D eigenvalue weighted by molar-refractivity contribution is 0.724. The van der Waals surface area contributed by atoms with Crippen molar-refractivity contribution >= 4 is 5.69 Å². The molecule has 0 saturated heterocycles.